The molecule has 2 aromatic rings. The molecule has 4 rings (SSSR count). The average Bonchev–Trinajstić information content (AvgIpc) is 3.07. The molecule has 1 amide bonds. The summed E-state index contributed by atoms with van der Waals surface area (Å²) in [5.74, 6) is 1.90. The maximum atomic E-state index is 13.0. The standard InChI is InChI=1S/C26H35N3O3/c1-18-7-10-21-13-14-26(15-19(2)28(17-26)24(30)32-25(3,4)5)29(23(21)27-18)16-20-8-11-22(31-6)12-9-20/h7-12,19H,13-17H2,1-6H3. The number of carbonyl (C=O) groups excluding carboxylic acids is 1. The van der Waals surface area contributed by atoms with E-state index in [9.17, 15) is 4.79 Å². The van der Waals surface area contributed by atoms with E-state index in [1.807, 2.05) is 44.7 Å². The van der Waals surface area contributed by atoms with Crippen molar-refractivity contribution in [2.45, 2.75) is 77.6 Å². The van der Waals surface area contributed by atoms with Gasteiger partial charge in [0.15, 0.2) is 0 Å². The lowest BCUT2D eigenvalue weighted by Crippen LogP contribution is -2.54. The van der Waals surface area contributed by atoms with Gasteiger partial charge in [-0.25, -0.2) is 9.78 Å². The summed E-state index contributed by atoms with van der Waals surface area (Å²) in [6, 6.07) is 12.6. The third-order valence-electron chi connectivity index (χ3n) is 6.58. The molecular formula is C26H35N3O3. The number of anilines is 1. The number of carbonyl (C=O) groups is 1. The Morgan fingerprint density at radius 1 is 1.19 bits per heavy atom. The van der Waals surface area contributed by atoms with Crippen LogP contribution in [0.4, 0.5) is 10.6 Å². The first kappa shape index (κ1) is 22.4. The summed E-state index contributed by atoms with van der Waals surface area (Å²) in [6.07, 6.45) is 2.63. The van der Waals surface area contributed by atoms with Crippen molar-refractivity contribution in [2.24, 2.45) is 0 Å². The molecule has 0 N–H and O–H groups in total. The summed E-state index contributed by atoms with van der Waals surface area (Å²) in [4.78, 5) is 22.3. The first-order valence-corrected chi connectivity index (χ1v) is 11.5. The molecule has 0 radical (unpaired) electrons. The van der Waals surface area contributed by atoms with E-state index in [1.54, 1.807) is 7.11 Å². The number of nitrogens with zero attached hydrogens (tertiary/aromatic N) is 3. The van der Waals surface area contributed by atoms with Crippen LogP contribution in [0.2, 0.25) is 0 Å². The Labute approximate surface area is 191 Å². The molecule has 2 unspecified atom stereocenters. The van der Waals surface area contributed by atoms with Gasteiger partial charge in [-0.2, -0.15) is 0 Å². The highest BCUT2D eigenvalue weighted by Gasteiger charge is 2.51. The van der Waals surface area contributed by atoms with E-state index in [-0.39, 0.29) is 17.7 Å². The number of aryl methyl sites for hydroxylation is 2. The van der Waals surface area contributed by atoms with Gasteiger partial charge in [0.25, 0.3) is 0 Å². The minimum atomic E-state index is -0.507. The third-order valence-corrected chi connectivity index (χ3v) is 6.58. The number of benzene rings is 1. The zero-order valence-electron chi connectivity index (χ0n) is 20.1. The van der Waals surface area contributed by atoms with Crippen molar-refractivity contribution in [1.29, 1.82) is 0 Å². The Bertz CT molecular complexity index is 983. The Morgan fingerprint density at radius 3 is 2.56 bits per heavy atom. The molecule has 0 bridgehead atoms. The van der Waals surface area contributed by atoms with E-state index < -0.39 is 5.60 Å². The van der Waals surface area contributed by atoms with Crippen LogP contribution in [-0.2, 0) is 17.7 Å². The summed E-state index contributed by atoms with van der Waals surface area (Å²) < 4.78 is 11.1. The number of fused-ring (bicyclic) bond motifs is 1. The van der Waals surface area contributed by atoms with Crippen LogP contribution in [0.1, 0.15) is 57.4 Å². The van der Waals surface area contributed by atoms with Gasteiger partial charge >= 0.3 is 6.09 Å². The van der Waals surface area contributed by atoms with Crippen molar-refractivity contribution in [3.8, 4) is 5.75 Å². The lowest BCUT2D eigenvalue weighted by atomic mass is 9.83. The van der Waals surface area contributed by atoms with E-state index in [0.29, 0.717) is 6.54 Å². The molecule has 1 spiro atoms. The van der Waals surface area contributed by atoms with Gasteiger partial charge in [-0.1, -0.05) is 18.2 Å². The zero-order valence-corrected chi connectivity index (χ0v) is 20.1. The van der Waals surface area contributed by atoms with Crippen molar-refractivity contribution in [2.75, 3.05) is 18.6 Å². The molecule has 1 fully saturated rings. The molecule has 172 valence electrons. The number of likely N-dealkylation sites (tertiary alicyclic amines) is 1. The maximum absolute atomic E-state index is 13.0. The van der Waals surface area contributed by atoms with E-state index in [1.165, 1.54) is 11.1 Å². The van der Waals surface area contributed by atoms with Crippen LogP contribution in [0, 0.1) is 6.92 Å². The Kier molecular flexibility index (Phi) is 5.82. The fraction of sp³-hybridized carbons (Fsp3) is 0.538. The number of aromatic nitrogens is 1. The molecule has 2 aliphatic heterocycles. The van der Waals surface area contributed by atoms with Gasteiger partial charge in [-0.05, 0) is 83.2 Å². The number of hydrogen-bond donors (Lipinski definition) is 0. The lowest BCUT2D eigenvalue weighted by molar-refractivity contribution is 0.0229. The fourth-order valence-electron chi connectivity index (χ4n) is 5.02. The first-order valence-electron chi connectivity index (χ1n) is 11.5. The molecule has 0 saturated carbocycles. The Balaban J connectivity index is 1.68. The van der Waals surface area contributed by atoms with Crippen molar-refractivity contribution in [3.05, 3.63) is 53.2 Å². The second-order valence-electron chi connectivity index (χ2n) is 10.3. The topological polar surface area (TPSA) is 54.9 Å². The second kappa shape index (κ2) is 8.30. The highest BCUT2D eigenvalue weighted by molar-refractivity contribution is 5.70. The van der Waals surface area contributed by atoms with Crippen molar-refractivity contribution < 1.29 is 14.3 Å². The van der Waals surface area contributed by atoms with Gasteiger partial charge in [-0.15, -0.1) is 0 Å². The van der Waals surface area contributed by atoms with Crippen molar-refractivity contribution in [1.82, 2.24) is 9.88 Å². The smallest absolute Gasteiger partial charge is 0.410 e. The monoisotopic (exact) mass is 437 g/mol. The summed E-state index contributed by atoms with van der Waals surface area (Å²) >= 11 is 0. The number of methoxy groups -OCH3 is 1. The molecular weight excluding hydrogens is 402 g/mol. The molecule has 6 nitrogen and oxygen atoms in total. The van der Waals surface area contributed by atoms with Crippen molar-refractivity contribution in [3.63, 3.8) is 0 Å². The normalized spacial score (nSPS) is 22.8. The van der Waals surface area contributed by atoms with E-state index >= 15 is 0 Å². The van der Waals surface area contributed by atoms with E-state index in [0.717, 1.165) is 43.1 Å². The minimum absolute atomic E-state index is 0.106. The third kappa shape index (κ3) is 4.41. The van der Waals surface area contributed by atoms with Crippen LogP contribution >= 0.6 is 0 Å². The first-order chi connectivity index (χ1) is 15.1. The molecule has 1 saturated heterocycles. The van der Waals surface area contributed by atoms with Crippen LogP contribution in [0.3, 0.4) is 0 Å². The zero-order chi connectivity index (χ0) is 23.1. The predicted octanol–water partition coefficient (Wildman–Crippen LogP) is 5.12. The summed E-state index contributed by atoms with van der Waals surface area (Å²) in [5, 5.41) is 0. The molecule has 6 heteroatoms. The minimum Gasteiger partial charge on any atom is -0.497 e. The number of pyridine rings is 1. The molecule has 2 aliphatic rings. The number of rotatable bonds is 3. The van der Waals surface area contributed by atoms with Crippen LogP contribution in [-0.4, -0.2) is 46.8 Å². The molecule has 2 atom stereocenters. The summed E-state index contributed by atoms with van der Waals surface area (Å²) in [6.45, 7) is 11.3. The quantitative estimate of drug-likeness (QED) is 0.667. The number of hydrogen-bond acceptors (Lipinski definition) is 5. The Hall–Kier alpha value is -2.76. The highest BCUT2D eigenvalue weighted by atomic mass is 16.6. The fourth-order valence-corrected chi connectivity index (χ4v) is 5.02. The van der Waals surface area contributed by atoms with E-state index in [2.05, 4.69) is 36.1 Å². The maximum Gasteiger partial charge on any atom is 0.410 e. The average molecular weight is 438 g/mol. The van der Waals surface area contributed by atoms with Gasteiger partial charge in [0.05, 0.1) is 12.6 Å². The summed E-state index contributed by atoms with van der Waals surface area (Å²) in [5.41, 5.74) is 2.82. The molecule has 1 aromatic carbocycles. The highest BCUT2D eigenvalue weighted by Crippen LogP contribution is 2.44. The SMILES string of the molecule is COc1ccc(CN2c3nc(C)ccc3CCC23CC(C)N(C(=O)OC(C)(C)C)C3)cc1. The number of ether oxygens (including phenoxy) is 2. The van der Waals surface area contributed by atoms with Crippen LogP contribution < -0.4 is 9.64 Å². The van der Waals surface area contributed by atoms with E-state index in [4.69, 9.17) is 14.5 Å². The predicted molar refractivity (Wildman–Crippen MR) is 126 cm³/mol. The van der Waals surface area contributed by atoms with Gasteiger partial charge in [0, 0.05) is 24.8 Å². The molecule has 0 aliphatic carbocycles. The van der Waals surface area contributed by atoms with Gasteiger partial charge in [0.1, 0.15) is 17.2 Å². The second-order valence-corrected chi connectivity index (χ2v) is 10.3. The molecule has 32 heavy (non-hydrogen) atoms. The molecule has 3 heterocycles. The van der Waals surface area contributed by atoms with Gasteiger partial charge in [0.2, 0.25) is 0 Å². The largest absolute Gasteiger partial charge is 0.497 e. The Morgan fingerprint density at radius 2 is 1.91 bits per heavy atom. The van der Waals surface area contributed by atoms with Crippen LogP contribution in [0.5, 0.6) is 5.75 Å². The summed E-state index contributed by atoms with van der Waals surface area (Å²) in [7, 11) is 1.68. The number of amides is 1. The molecule has 1 aromatic heterocycles. The van der Waals surface area contributed by atoms with Crippen molar-refractivity contribution >= 4 is 11.9 Å². The van der Waals surface area contributed by atoms with Crippen LogP contribution in [0.15, 0.2) is 36.4 Å². The van der Waals surface area contributed by atoms with Gasteiger partial charge in [-0.3, -0.25) is 0 Å². The van der Waals surface area contributed by atoms with Crippen LogP contribution in [0.25, 0.3) is 0 Å². The van der Waals surface area contributed by atoms with Gasteiger partial charge < -0.3 is 19.3 Å². The lowest BCUT2D eigenvalue weighted by Gasteiger charge is -2.46.